The van der Waals surface area contributed by atoms with Gasteiger partial charge in [-0.2, -0.15) is 0 Å². The lowest BCUT2D eigenvalue weighted by molar-refractivity contribution is 0.241. The molecule has 0 aromatic heterocycles. The summed E-state index contributed by atoms with van der Waals surface area (Å²) in [6.07, 6.45) is 0.166. The highest BCUT2D eigenvalue weighted by molar-refractivity contribution is 5.41. The third-order valence-corrected chi connectivity index (χ3v) is 2.06. The molecule has 0 heterocycles. The second kappa shape index (κ2) is 5.03. The molecule has 1 unspecified atom stereocenters. The number of hydrogen-bond acceptors (Lipinski definition) is 3. The number of hydrogen-bond donors (Lipinski definition) is 1. The summed E-state index contributed by atoms with van der Waals surface area (Å²) in [6.45, 7) is 5.92. The standard InChI is InChI=1S/C12H19NO2/c1-8(2)15-10-5-6-12(14-4)11(7-10)9(3)13/h5-9H,13H2,1-4H3. The molecule has 0 saturated heterocycles. The lowest BCUT2D eigenvalue weighted by Crippen LogP contribution is -2.09. The van der Waals surface area contributed by atoms with Crippen molar-refractivity contribution in [2.45, 2.75) is 32.9 Å². The van der Waals surface area contributed by atoms with Gasteiger partial charge in [-0.25, -0.2) is 0 Å². The first-order valence-corrected chi connectivity index (χ1v) is 5.14. The topological polar surface area (TPSA) is 44.5 Å². The van der Waals surface area contributed by atoms with Crippen LogP contribution in [0.2, 0.25) is 0 Å². The molecular weight excluding hydrogens is 190 g/mol. The van der Waals surface area contributed by atoms with Gasteiger partial charge in [0.25, 0.3) is 0 Å². The molecule has 1 rings (SSSR count). The van der Waals surface area contributed by atoms with Crippen molar-refractivity contribution in [2.75, 3.05) is 7.11 Å². The second-order valence-corrected chi connectivity index (χ2v) is 3.86. The molecule has 0 saturated carbocycles. The first kappa shape index (κ1) is 11.9. The minimum Gasteiger partial charge on any atom is -0.496 e. The van der Waals surface area contributed by atoms with Crippen LogP contribution in [0.5, 0.6) is 11.5 Å². The lowest BCUT2D eigenvalue weighted by atomic mass is 10.1. The molecule has 15 heavy (non-hydrogen) atoms. The van der Waals surface area contributed by atoms with E-state index >= 15 is 0 Å². The van der Waals surface area contributed by atoms with Crippen LogP contribution in [0.15, 0.2) is 18.2 Å². The molecule has 84 valence electrons. The van der Waals surface area contributed by atoms with Crippen LogP contribution in [0.1, 0.15) is 32.4 Å². The average molecular weight is 209 g/mol. The van der Waals surface area contributed by atoms with Crippen LogP contribution in [0, 0.1) is 0 Å². The summed E-state index contributed by atoms with van der Waals surface area (Å²) < 4.78 is 10.8. The largest absolute Gasteiger partial charge is 0.496 e. The van der Waals surface area contributed by atoms with Gasteiger partial charge in [0.05, 0.1) is 13.2 Å². The summed E-state index contributed by atoms with van der Waals surface area (Å²) in [7, 11) is 1.64. The molecule has 0 aliphatic heterocycles. The Hall–Kier alpha value is -1.22. The van der Waals surface area contributed by atoms with Crippen LogP contribution in [0.4, 0.5) is 0 Å². The first-order valence-electron chi connectivity index (χ1n) is 5.14. The highest BCUT2D eigenvalue weighted by Gasteiger charge is 2.09. The Labute approximate surface area is 91.2 Å². The van der Waals surface area contributed by atoms with Crippen molar-refractivity contribution in [1.29, 1.82) is 0 Å². The molecule has 1 atom stereocenters. The number of rotatable bonds is 4. The van der Waals surface area contributed by atoms with Gasteiger partial charge in [0.15, 0.2) is 0 Å². The number of benzene rings is 1. The van der Waals surface area contributed by atoms with Crippen LogP contribution < -0.4 is 15.2 Å². The first-order chi connectivity index (χ1) is 7.04. The SMILES string of the molecule is COc1ccc(OC(C)C)cc1C(C)N. The molecule has 0 spiro atoms. The summed E-state index contributed by atoms with van der Waals surface area (Å²) in [4.78, 5) is 0. The molecular formula is C12H19NO2. The Morgan fingerprint density at radius 2 is 1.87 bits per heavy atom. The number of ether oxygens (including phenoxy) is 2. The minimum absolute atomic E-state index is 0.0596. The van der Waals surface area contributed by atoms with Crippen molar-refractivity contribution in [3.8, 4) is 11.5 Å². The van der Waals surface area contributed by atoms with Gasteiger partial charge >= 0.3 is 0 Å². The van der Waals surface area contributed by atoms with Crippen LogP contribution in [-0.4, -0.2) is 13.2 Å². The van der Waals surface area contributed by atoms with Crippen LogP contribution in [0.3, 0.4) is 0 Å². The van der Waals surface area contributed by atoms with Gasteiger partial charge in [-0.1, -0.05) is 0 Å². The highest BCUT2D eigenvalue weighted by Crippen LogP contribution is 2.28. The molecule has 1 aromatic rings. The van der Waals surface area contributed by atoms with E-state index < -0.39 is 0 Å². The predicted molar refractivity (Wildman–Crippen MR) is 61.4 cm³/mol. The summed E-state index contributed by atoms with van der Waals surface area (Å²) in [5.41, 5.74) is 6.82. The van der Waals surface area contributed by atoms with E-state index in [1.54, 1.807) is 7.11 Å². The Morgan fingerprint density at radius 1 is 1.20 bits per heavy atom. The maximum Gasteiger partial charge on any atom is 0.123 e. The average Bonchev–Trinajstić information content (AvgIpc) is 2.16. The fourth-order valence-electron chi connectivity index (χ4n) is 1.41. The van der Waals surface area contributed by atoms with E-state index in [0.29, 0.717) is 0 Å². The molecule has 0 amide bonds. The Balaban J connectivity index is 2.99. The lowest BCUT2D eigenvalue weighted by Gasteiger charge is -2.15. The summed E-state index contributed by atoms with van der Waals surface area (Å²) in [6, 6.07) is 5.65. The third-order valence-electron chi connectivity index (χ3n) is 2.06. The van der Waals surface area contributed by atoms with E-state index in [1.807, 2.05) is 39.0 Å². The zero-order chi connectivity index (χ0) is 11.4. The van der Waals surface area contributed by atoms with Gasteiger partial charge in [-0.05, 0) is 39.0 Å². The van der Waals surface area contributed by atoms with Crippen LogP contribution in [0.25, 0.3) is 0 Å². The van der Waals surface area contributed by atoms with Crippen molar-refractivity contribution in [3.63, 3.8) is 0 Å². The molecule has 0 aliphatic carbocycles. The van der Waals surface area contributed by atoms with Crippen molar-refractivity contribution < 1.29 is 9.47 Å². The number of methoxy groups -OCH3 is 1. The van der Waals surface area contributed by atoms with E-state index in [4.69, 9.17) is 15.2 Å². The van der Waals surface area contributed by atoms with Crippen LogP contribution in [-0.2, 0) is 0 Å². The van der Waals surface area contributed by atoms with Crippen molar-refractivity contribution in [2.24, 2.45) is 5.73 Å². The molecule has 0 bridgehead atoms. The van der Waals surface area contributed by atoms with Gasteiger partial charge < -0.3 is 15.2 Å². The predicted octanol–water partition coefficient (Wildman–Crippen LogP) is 2.50. The van der Waals surface area contributed by atoms with E-state index in [0.717, 1.165) is 17.1 Å². The normalized spacial score (nSPS) is 12.7. The van der Waals surface area contributed by atoms with Gasteiger partial charge in [0.1, 0.15) is 11.5 Å². The van der Waals surface area contributed by atoms with E-state index in [2.05, 4.69) is 0 Å². The Morgan fingerprint density at radius 3 is 2.33 bits per heavy atom. The third kappa shape index (κ3) is 3.13. The zero-order valence-electron chi connectivity index (χ0n) is 9.78. The molecule has 3 heteroatoms. The van der Waals surface area contributed by atoms with E-state index in [9.17, 15) is 0 Å². The summed E-state index contributed by atoms with van der Waals surface area (Å²) in [5, 5.41) is 0. The minimum atomic E-state index is -0.0596. The van der Waals surface area contributed by atoms with Crippen molar-refractivity contribution >= 4 is 0 Å². The molecule has 0 fully saturated rings. The molecule has 0 aliphatic rings. The van der Waals surface area contributed by atoms with Crippen molar-refractivity contribution in [1.82, 2.24) is 0 Å². The quantitative estimate of drug-likeness (QED) is 0.828. The summed E-state index contributed by atoms with van der Waals surface area (Å²) in [5.74, 6) is 1.64. The molecule has 0 radical (unpaired) electrons. The summed E-state index contributed by atoms with van der Waals surface area (Å²) >= 11 is 0. The fourth-order valence-corrected chi connectivity index (χ4v) is 1.41. The van der Waals surface area contributed by atoms with E-state index in [1.165, 1.54) is 0 Å². The molecule has 3 nitrogen and oxygen atoms in total. The Kier molecular flexibility index (Phi) is 3.97. The second-order valence-electron chi connectivity index (χ2n) is 3.86. The maximum absolute atomic E-state index is 5.85. The van der Waals surface area contributed by atoms with Gasteiger partial charge in [0, 0.05) is 11.6 Å². The highest BCUT2D eigenvalue weighted by atomic mass is 16.5. The smallest absolute Gasteiger partial charge is 0.123 e. The van der Waals surface area contributed by atoms with Gasteiger partial charge in [-0.15, -0.1) is 0 Å². The van der Waals surface area contributed by atoms with Crippen molar-refractivity contribution in [3.05, 3.63) is 23.8 Å². The number of nitrogens with two attached hydrogens (primary N) is 1. The molecule has 2 N–H and O–H groups in total. The van der Waals surface area contributed by atoms with Gasteiger partial charge in [-0.3, -0.25) is 0 Å². The van der Waals surface area contributed by atoms with Crippen LogP contribution >= 0.6 is 0 Å². The fraction of sp³-hybridized carbons (Fsp3) is 0.500. The van der Waals surface area contributed by atoms with Gasteiger partial charge in [0.2, 0.25) is 0 Å². The van der Waals surface area contributed by atoms with E-state index in [-0.39, 0.29) is 12.1 Å². The Bertz CT molecular complexity index is 321. The zero-order valence-corrected chi connectivity index (χ0v) is 9.78. The monoisotopic (exact) mass is 209 g/mol. The maximum atomic E-state index is 5.85. The molecule has 1 aromatic carbocycles.